The van der Waals surface area contributed by atoms with Crippen LogP contribution in [0, 0.1) is 0 Å². The second-order valence-electron chi connectivity index (χ2n) is 8.65. The summed E-state index contributed by atoms with van der Waals surface area (Å²) in [4.78, 5) is 15.0. The fraction of sp³-hybridized carbons (Fsp3) is 0.360. The summed E-state index contributed by atoms with van der Waals surface area (Å²) in [6.07, 6.45) is 6.46. The van der Waals surface area contributed by atoms with E-state index >= 15 is 0 Å². The molecule has 0 saturated carbocycles. The van der Waals surface area contributed by atoms with E-state index in [1.165, 1.54) is 30.8 Å². The number of anilines is 1. The minimum absolute atomic E-state index is 0.0742. The average Bonchev–Trinajstić information content (AvgIpc) is 3.27. The zero-order valence-electron chi connectivity index (χ0n) is 19.1. The first kappa shape index (κ1) is 22.8. The number of fused-ring (bicyclic) bond motifs is 1. The van der Waals surface area contributed by atoms with E-state index in [2.05, 4.69) is 27.3 Å². The molecule has 2 aromatic carbocycles. The van der Waals surface area contributed by atoms with E-state index in [0.717, 1.165) is 23.9 Å². The van der Waals surface area contributed by atoms with Crippen molar-refractivity contribution in [2.24, 2.45) is 11.6 Å². The number of hydrogen-bond acceptors (Lipinski definition) is 6. The van der Waals surface area contributed by atoms with Crippen molar-refractivity contribution in [3.8, 4) is 0 Å². The van der Waals surface area contributed by atoms with Gasteiger partial charge in [-0.2, -0.15) is 5.10 Å². The van der Waals surface area contributed by atoms with Crippen molar-refractivity contribution in [3.05, 3.63) is 66.0 Å². The normalized spacial score (nSPS) is 17.3. The fourth-order valence-corrected chi connectivity index (χ4v) is 4.33. The fourth-order valence-electron chi connectivity index (χ4n) is 4.33. The summed E-state index contributed by atoms with van der Waals surface area (Å²) in [5.74, 6) is 6.11. The Kier molecular flexibility index (Phi) is 7.26. The molecule has 0 aliphatic carbocycles. The van der Waals surface area contributed by atoms with Crippen LogP contribution in [0.1, 0.15) is 48.7 Å². The Balaban J connectivity index is 1.30. The Morgan fingerprint density at radius 1 is 1.24 bits per heavy atom. The molecule has 0 radical (unpaired) electrons. The van der Waals surface area contributed by atoms with Crippen molar-refractivity contribution in [2.75, 3.05) is 24.6 Å². The minimum Gasteiger partial charge on any atom is -0.396 e. The maximum atomic E-state index is 12.5. The van der Waals surface area contributed by atoms with Crippen LogP contribution in [-0.2, 0) is 0 Å². The first-order valence-electron chi connectivity index (χ1n) is 11.6. The molecule has 1 unspecified atom stereocenters. The van der Waals surface area contributed by atoms with E-state index in [1.807, 2.05) is 24.3 Å². The number of rotatable bonds is 8. The molecule has 4 rings (SSSR count). The number of carbonyl (C=O) groups excluding carboxylic acids is 1. The van der Waals surface area contributed by atoms with Gasteiger partial charge in [-0.05, 0) is 63.1 Å². The topological polar surface area (TPSA) is 116 Å². The van der Waals surface area contributed by atoms with E-state index in [1.54, 1.807) is 30.5 Å². The predicted molar refractivity (Wildman–Crippen MR) is 133 cm³/mol. The second kappa shape index (κ2) is 10.5. The van der Waals surface area contributed by atoms with Crippen LogP contribution in [-0.4, -0.2) is 46.7 Å². The number of amides is 1. The Labute approximate surface area is 194 Å². The van der Waals surface area contributed by atoms with Gasteiger partial charge in [-0.25, -0.2) is 5.84 Å². The molecule has 0 spiro atoms. The number of nitrogens with two attached hydrogens (primary N) is 2. The monoisotopic (exact) mass is 447 g/mol. The Hall–Kier alpha value is -3.36. The first-order chi connectivity index (χ1) is 16.0. The molecule has 1 aliphatic rings. The Morgan fingerprint density at radius 2 is 2.03 bits per heavy atom. The molecule has 8 nitrogen and oxygen atoms in total. The van der Waals surface area contributed by atoms with Crippen LogP contribution in [0.4, 0.5) is 5.69 Å². The zero-order valence-corrected chi connectivity index (χ0v) is 19.1. The van der Waals surface area contributed by atoms with Crippen LogP contribution in [0.5, 0.6) is 0 Å². The number of piperidine rings is 1. The smallest absolute Gasteiger partial charge is 0.251 e. The first-order valence-corrected chi connectivity index (χ1v) is 11.6. The highest BCUT2D eigenvalue weighted by Crippen LogP contribution is 2.21. The van der Waals surface area contributed by atoms with Crippen LogP contribution in [0.15, 0.2) is 54.7 Å². The third-order valence-electron chi connectivity index (χ3n) is 6.30. The molecule has 33 heavy (non-hydrogen) atoms. The summed E-state index contributed by atoms with van der Waals surface area (Å²) >= 11 is 0. The van der Waals surface area contributed by atoms with Crippen LogP contribution >= 0.6 is 0 Å². The van der Waals surface area contributed by atoms with E-state index in [4.69, 9.17) is 11.6 Å². The van der Waals surface area contributed by atoms with Gasteiger partial charge in [0.25, 0.3) is 5.91 Å². The number of carbonyl (C=O) groups is 1. The van der Waals surface area contributed by atoms with Crippen molar-refractivity contribution in [1.82, 2.24) is 20.4 Å². The van der Waals surface area contributed by atoms with Gasteiger partial charge in [-0.1, -0.05) is 24.6 Å². The molecule has 1 amide bonds. The van der Waals surface area contributed by atoms with E-state index in [-0.39, 0.29) is 5.91 Å². The van der Waals surface area contributed by atoms with E-state index in [9.17, 15) is 4.79 Å². The molecule has 0 bridgehead atoms. The zero-order chi connectivity index (χ0) is 23.2. The maximum absolute atomic E-state index is 12.5. The van der Waals surface area contributed by atoms with Gasteiger partial charge < -0.3 is 16.0 Å². The Bertz CT molecular complexity index is 1110. The summed E-state index contributed by atoms with van der Waals surface area (Å²) in [6.45, 7) is 5.16. The number of hydrazine groups is 1. The lowest BCUT2D eigenvalue weighted by molar-refractivity contribution is 0.0949. The lowest BCUT2D eigenvalue weighted by atomic mass is 10.0. The second-order valence-corrected chi connectivity index (χ2v) is 8.65. The third kappa shape index (κ3) is 5.53. The lowest BCUT2D eigenvalue weighted by Gasteiger charge is -2.33. The largest absolute Gasteiger partial charge is 0.396 e. The van der Waals surface area contributed by atoms with Crippen molar-refractivity contribution in [3.63, 3.8) is 0 Å². The number of likely N-dealkylation sites (tertiary alicyclic amines) is 1. The van der Waals surface area contributed by atoms with Gasteiger partial charge in [0.15, 0.2) is 0 Å². The van der Waals surface area contributed by atoms with Gasteiger partial charge in [0.1, 0.15) is 5.69 Å². The average molecular weight is 448 g/mol. The van der Waals surface area contributed by atoms with E-state index < -0.39 is 0 Å². The highest BCUT2D eigenvalue weighted by Gasteiger charge is 2.17. The van der Waals surface area contributed by atoms with Crippen LogP contribution in [0.3, 0.4) is 0 Å². The van der Waals surface area contributed by atoms with Crippen LogP contribution in [0.2, 0.25) is 0 Å². The summed E-state index contributed by atoms with van der Waals surface area (Å²) in [6, 6.07) is 15.6. The molecule has 1 aromatic heterocycles. The lowest BCUT2D eigenvalue weighted by Crippen LogP contribution is -2.39. The molecule has 1 fully saturated rings. The standard InChI is InChI=1S/C25H33N7O/c1-18-7-4-5-15-31(18)16-6-14-28-25(33)19-10-12-20(13-11-19)32(27)17-22(26)24-21-8-2-3-9-23(21)29-30-24/h2-3,8-13,17-18H,4-7,14-16,26-27H2,1H3,(H,28,33)(H,29,30)/b22-17-. The van der Waals surface area contributed by atoms with Crippen molar-refractivity contribution in [1.29, 1.82) is 0 Å². The molecule has 6 N–H and O–H groups in total. The summed E-state index contributed by atoms with van der Waals surface area (Å²) in [5, 5.41) is 12.6. The van der Waals surface area contributed by atoms with E-state index in [0.29, 0.717) is 35.2 Å². The molecule has 3 aromatic rings. The van der Waals surface area contributed by atoms with Gasteiger partial charge in [0.05, 0.1) is 16.9 Å². The van der Waals surface area contributed by atoms with Gasteiger partial charge in [0.2, 0.25) is 0 Å². The van der Waals surface area contributed by atoms with Gasteiger partial charge >= 0.3 is 0 Å². The van der Waals surface area contributed by atoms with Gasteiger partial charge in [-0.3, -0.25) is 14.9 Å². The molecule has 1 saturated heterocycles. The molecule has 1 atom stereocenters. The molecule has 2 heterocycles. The number of nitrogens with zero attached hydrogens (tertiary/aromatic N) is 3. The summed E-state index contributed by atoms with van der Waals surface area (Å²) in [5.41, 5.74) is 9.57. The molecular formula is C25H33N7O. The van der Waals surface area contributed by atoms with Crippen molar-refractivity contribution < 1.29 is 4.79 Å². The number of para-hydroxylation sites is 1. The predicted octanol–water partition coefficient (Wildman–Crippen LogP) is 3.19. The van der Waals surface area contributed by atoms with Gasteiger partial charge in [0, 0.05) is 36.3 Å². The van der Waals surface area contributed by atoms with Crippen molar-refractivity contribution >= 4 is 28.2 Å². The quantitative estimate of drug-likeness (QED) is 0.239. The number of aromatic nitrogens is 2. The highest BCUT2D eigenvalue weighted by molar-refractivity contribution is 5.94. The number of hydrogen-bond donors (Lipinski definition) is 4. The Morgan fingerprint density at radius 3 is 2.82 bits per heavy atom. The number of nitrogens with one attached hydrogen (secondary N) is 2. The van der Waals surface area contributed by atoms with Crippen molar-refractivity contribution in [2.45, 2.75) is 38.6 Å². The van der Waals surface area contributed by atoms with Crippen LogP contribution in [0.25, 0.3) is 16.6 Å². The number of aromatic amines is 1. The summed E-state index contributed by atoms with van der Waals surface area (Å²) in [7, 11) is 0. The number of H-pyrrole nitrogens is 1. The van der Waals surface area contributed by atoms with Crippen LogP contribution < -0.4 is 21.9 Å². The third-order valence-corrected chi connectivity index (χ3v) is 6.30. The molecule has 174 valence electrons. The number of benzene rings is 2. The minimum atomic E-state index is -0.0742. The maximum Gasteiger partial charge on any atom is 0.251 e. The van der Waals surface area contributed by atoms with Gasteiger partial charge in [-0.15, -0.1) is 0 Å². The molecular weight excluding hydrogens is 414 g/mol. The SMILES string of the molecule is CC1CCCCN1CCCNC(=O)c1ccc(N(N)/C=C(\N)c2n[nH]c3ccccc23)cc1. The summed E-state index contributed by atoms with van der Waals surface area (Å²) < 4.78 is 0. The highest BCUT2D eigenvalue weighted by atomic mass is 16.1. The molecule has 8 heteroatoms. The molecule has 1 aliphatic heterocycles.